The number of fused-ring (bicyclic) bond motifs is 1. The van der Waals surface area contributed by atoms with Crippen molar-refractivity contribution in [1.82, 2.24) is 0 Å². The molecule has 108 valence electrons. The van der Waals surface area contributed by atoms with E-state index in [0.29, 0.717) is 23.6 Å². The number of methoxy groups -OCH3 is 2. The summed E-state index contributed by atoms with van der Waals surface area (Å²) in [6, 6.07) is 11.6. The van der Waals surface area contributed by atoms with Crippen LogP contribution >= 0.6 is 22.6 Å². The first-order valence-electron chi connectivity index (χ1n) is 6.47. The largest absolute Gasteiger partial charge is 0.493 e. The van der Waals surface area contributed by atoms with Crippen LogP contribution in [0.1, 0.15) is 15.9 Å². The number of benzene rings is 2. The molecule has 0 unspecified atom stereocenters. The summed E-state index contributed by atoms with van der Waals surface area (Å²) >= 11 is 2.25. The summed E-state index contributed by atoms with van der Waals surface area (Å²) in [4.78, 5) is 14.5. The molecule has 0 radical (unpaired) electrons. The van der Waals surface area contributed by atoms with E-state index in [9.17, 15) is 4.79 Å². The Morgan fingerprint density at radius 2 is 1.76 bits per heavy atom. The van der Waals surface area contributed by atoms with Gasteiger partial charge in [-0.15, -0.1) is 0 Å². The van der Waals surface area contributed by atoms with E-state index in [1.54, 1.807) is 19.1 Å². The van der Waals surface area contributed by atoms with Crippen LogP contribution in [0.2, 0.25) is 0 Å². The molecule has 0 saturated carbocycles. The van der Waals surface area contributed by atoms with Crippen molar-refractivity contribution in [3.05, 3.63) is 51.1 Å². The number of hydrogen-bond acceptors (Lipinski definition) is 3. The molecule has 1 aliphatic rings. The van der Waals surface area contributed by atoms with Crippen molar-refractivity contribution in [3.63, 3.8) is 0 Å². The van der Waals surface area contributed by atoms with Crippen molar-refractivity contribution in [1.29, 1.82) is 0 Å². The van der Waals surface area contributed by atoms with Crippen molar-refractivity contribution >= 4 is 34.2 Å². The lowest BCUT2D eigenvalue weighted by Crippen LogP contribution is -2.23. The lowest BCUT2D eigenvalue weighted by atomic mass is 10.1. The van der Waals surface area contributed by atoms with E-state index in [1.807, 2.05) is 36.4 Å². The Labute approximate surface area is 136 Å². The molecule has 1 aliphatic heterocycles. The van der Waals surface area contributed by atoms with Crippen LogP contribution in [0, 0.1) is 3.57 Å². The van der Waals surface area contributed by atoms with Crippen LogP contribution in [-0.2, 0) is 6.54 Å². The zero-order chi connectivity index (χ0) is 15.0. The quantitative estimate of drug-likeness (QED) is 0.748. The molecule has 0 aliphatic carbocycles. The molecule has 2 aromatic carbocycles. The first-order chi connectivity index (χ1) is 10.2. The maximum atomic E-state index is 12.7. The number of hydrogen-bond donors (Lipinski definition) is 0. The third-order valence-corrected chi connectivity index (χ3v) is 4.28. The van der Waals surface area contributed by atoms with E-state index < -0.39 is 0 Å². The van der Waals surface area contributed by atoms with E-state index in [4.69, 9.17) is 9.47 Å². The monoisotopic (exact) mass is 395 g/mol. The topological polar surface area (TPSA) is 38.8 Å². The van der Waals surface area contributed by atoms with Gasteiger partial charge in [0.2, 0.25) is 0 Å². The van der Waals surface area contributed by atoms with Gasteiger partial charge in [-0.3, -0.25) is 4.79 Å². The maximum Gasteiger partial charge on any atom is 0.262 e. The van der Waals surface area contributed by atoms with Crippen molar-refractivity contribution in [2.24, 2.45) is 0 Å². The minimum atomic E-state index is -0.0537. The second kappa shape index (κ2) is 5.55. The van der Waals surface area contributed by atoms with Gasteiger partial charge < -0.3 is 14.4 Å². The Morgan fingerprint density at radius 3 is 2.38 bits per heavy atom. The molecular weight excluding hydrogens is 381 g/mol. The van der Waals surface area contributed by atoms with Gasteiger partial charge in [0, 0.05) is 9.26 Å². The summed E-state index contributed by atoms with van der Waals surface area (Å²) in [5.41, 5.74) is 2.43. The molecule has 0 atom stereocenters. The molecule has 1 amide bonds. The Bertz CT molecular complexity index is 697. The number of amides is 1. The molecule has 5 heteroatoms. The summed E-state index contributed by atoms with van der Waals surface area (Å²) in [5.74, 6) is 1.03. The maximum absolute atomic E-state index is 12.7. The number of carbonyl (C=O) groups is 1. The number of anilines is 1. The first kappa shape index (κ1) is 14.2. The van der Waals surface area contributed by atoms with Gasteiger partial charge in [0.15, 0.2) is 11.5 Å². The van der Waals surface area contributed by atoms with Crippen LogP contribution in [-0.4, -0.2) is 20.1 Å². The van der Waals surface area contributed by atoms with Crippen molar-refractivity contribution < 1.29 is 14.3 Å². The Hall–Kier alpha value is -1.76. The summed E-state index contributed by atoms with van der Waals surface area (Å²) in [6.45, 7) is 0.551. The molecule has 0 fully saturated rings. The fourth-order valence-electron chi connectivity index (χ4n) is 2.54. The molecule has 0 aromatic heterocycles. The molecule has 1 heterocycles. The molecule has 0 saturated heterocycles. The number of halogens is 1. The van der Waals surface area contributed by atoms with Gasteiger partial charge in [0.1, 0.15) is 0 Å². The van der Waals surface area contributed by atoms with Crippen LogP contribution in [0.25, 0.3) is 0 Å². The molecule has 0 spiro atoms. The van der Waals surface area contributed by atoms with Crippen LogP contribution in [0.4, 0.5) is 5.69 Å². The van der Waals surface area contributed by atoms with E-state index in [0.717, 1.165) is 14.8 Å². The van der Waals surface area contributed by atoms with Gasteiger partial charge in [-0.25, -0.2) is 0 Å². The highest BCUT2D eigenvalue weighted by Crippen LogP contribution is 2.39. The highest BCUT2D eigenvalue weighted by atomic mass is 127. The lowest BCUT2D eigenvalue weighted by Gasteiger charge is -2.16. The minimum absolute atomic E-state index is 0.0537. The van der Waals surface area contributed by atoms with E-state index in [1.165, 1.54) is 0 Å². The average molecular weight is 395 g/mol. The third kappa shape index (κ3) is 2.35. The van der Waals surface area contributed by atoms with Crippen LogP contribution < -0.4 is 14.4 Å². The number of rotatable bonds is 3. The van der Waals surface area contributed by atoms with Crippen LogP contribution in [0.3, 0.4) is 0 Å². The van der Waals surface area contributed by atoms with Gasteiger partial charge >= 0.3 is 0 Å². The smallest absolute Gasteiger partial charge is 0.262 e. The molecule has 3 rings (SSSR count). The highest BCUT2D eigenvalue weighted by molar-refractivity contribution is 14.1. The van der Waals surface area contributed by atoms with Gasteiger partial charge in [0.05, 0.1) is 26.3 Å². The molecule has 2 aromatic rings. The lowest BCUT2D eigenvalue weighted by molar-refractivity contribution is 0.0993. The Kier molecular flexibility index (Phi) is 3.75. The molecule has 0 bridgehead atoms. The van der Waals surface area contributed by atoms with E-state index >= 15 is 0 Å². The van der Waals surface area contributed by atoms with E-state index in [-0.39, 0.29) is 5.91 Å². The SMILES string of the molecule is COc1ccc2c(c1OC)C(=O)N(c1ccc(I)cc1)C2. The van der Waals surface area contributed by atoms with Gasteiger partial charge in [-0.05, 0) is 58.5 Å². The predicted octanol–water partition coefficient (Wildman–Crippen LogP) is 3.47. The highest BCUT2D eigenvalue weighted by Gasteiger charge is 2.33. The van der Waals surface area contributed by atoms with E-state index in [2.05, 4.69) is 22.6 Å². The first-order valence-corrected chi connectivity index (χ1v) is 7.55. The zero-order valence-corrected chi connectivity index (χ0v) is 13.9. The molecular formula is C16H14INO3. The number of carbonyl (C=O) groups excluding carboxylic acids is 1. The minimum Gasteiger partial charge on any atom is -0.493 e. The summed E-state index contributed by atoms with van der Waals surface area (Å²) < 4.78 is 11.8. The molecule has 0 N–H and O–H groups in total. The van der Waals surface area contributed by atoms with Gasteiger partial charge in [-0.1, -0.05) is 6.07 Å². The Morgan fingerprint density at radius 1 is 1.05 bits per heavy atom. The zero-order valence-electron chi connectivity index (χ0n) is 11.7. The molecule has 4 nitrogen and oxygen atoms in total. The standard InChI is InChI=1S/C16H14INO3/c1-20-13-8-3-10-9-18(12-6-4-11(17)5-7-12)16(19)14(10)15(13)21-2/h3-8H,9H2,1-2H3. The van der Waals surface area contributed by atoms with Gasteiger partial charge in [0.25, 0.3) is 5.91 Å². The predicted molar refractivity (Wildman–Crippen MR) is 89.2 cm³/mol. The fourth-order valence-corrected chi connectivity index (χ4v) is 2.90. The number of nitrogens with zero attached hydrogens (tertiary/aromatic N) is 1. The van der Waals surface area contributed by atoms with Crippen LogP contribution in [0.5, 0.6) is 11.5 Å². The second-order valence-electron chi connectivity index (χ2n) is 4.70. The van der Waals surface area contributed by atoms with Crippen molar-refractivity contribution in [2.75, 3.05) is 19.1 Å². The summed E-state index contributed by atoms with van der Waals surface area (Å²) in [6.07, 6.45) is 0. The summed E-state index contributed by atoms with van der Waals surface area (Å²) in [7, 11) is 3.12. The average Bonchev–Trinajstić information content (AvgIpc) is 2.84. The number of ether oxygens (including phenoxy) is 2. The Balaban J connectivity index is 2.04. The molecule has 21 heavy (non-hydrogen) atoms. The third-order valence-electron chi connectivity index (χ3n) is 3.56. The van der Waals surface area contributed by atoms with Crippen molar-refractivity contribution in [3.8, 4) is 11.5 Å². The van der Waals surface area contributed by atoms with Gasteiger partial charge in [-0.2, -0.15) is 0 Å². The normalized spacial score (nSPS) is 13.3. The van der Waals surface area contributed by atoms with Crippen LogP contribution in [0.15, 0.2) is 36.4 Å². The second-order valence-corrected chi connectivity index (χ2v) is 5.95. The summed E-state index contributed by atoms with van der Waals surface area (Å²) in [5, 5.41) is 0. The fraction of sp³-hybridized carbons (Fsp3) is 0.188. The van der Waals surface area contributed by atoms with Crippen molar-refractivity contribution in [2.45, 2.75) is 6.54 Å².